The zero-order valence-corrected chi connectivity index (χ0v) is 19.7. The molecule has 36 heavy (non-hydrogen) atoms. The molecule has 2 atom stereocenters. The molecule has 2 aromatic heterocycles. The van der Waals surface area contributed by atoms with Gasteiger partial charge in [0.1, 0.15) is 17.6 Å². The van der Waals surface area contributed by atoms with Crippen LogP contribution in [0.15, 0.2) is 36.5 Å². The average molecular weight is 492 g/mol. The van der Waals surface area contributed by atoms with Gasteiger partial charge in [-0.15, -0.1) is 0 Å². The quantitative estimate of drug-likeness (QED) is 0.534. The van der Waals surface area contributed by atoms with Crippen LogP contribution in [0, 0.1) is 5.92 Å². The van der Waals surface area contributed by atoms with Crippen molar-refractivity contribution in [2.45, 2.75) is 12.5 Å². The first kappa shape index (κ1) is 22.4. The van der Waals surface area contributed by atoms with Crippen molar-refractivity contribution >= 4 is 34.4 Å². The minimum absolute atomic E-state index is 0.0126. The molecule has 0 spiro atoms. The molecule has 0 unspecified atom stereocenters. The molecule has 186 valence electrons. The maximum absolute atomic E-state index is 12.5. The van der Waals surface area contributed by atoms with Gasteiger partial charge in [-0.2, -0.15) is 0 Å². The number of anilines is 2. The number of benzene rings is 1. The predicted octanol–water partition coefficient (Wildman–Crippen LogP) is 2.14. The van der Waals surface area contributed by atoms with Gasteiger partial charge in [-0.05, 0) is 30.7 Å². The van der Waals surface area contributed by atoms with Crippen LogP contribution >= 0.6 is 0 Å². The molecule has 5 heterocycles. The number of amides is 2. The van der Waals surface area contributed by atoms with Crippen molar-refractivity contribution in [2.75, 3.05) is 50.2 Å². The van der Waals surface area contributed by atoms with Crippen molar-refractivity contribution in [3.8, 4) is 17.4 Å². The normalized spacial score (nSPS) is 20.6. The van der Waals surface area contributed by atoms with Gasteiger partial charge in [-0.1, -0.05) is 0 Å². The van der Waals surface area contributed by atoms with Gasteiger partial charge in [0.05, 0.1) is 43.2 Å². The van der Waals surface area contributed by atoms with Crippen molar-refractivity contribution in [2.24, 2.45) is 5.92 Å². The number of cyclic esters (lactones) is 1. The summed E-state index contributed by atoms with van der Waals surface area (Å²) in [6, 6.07) is 8.94. The Bertz CT molecular complexity index is 1340. The Balaban J connectivity index is 1.06. The van der Waals surface area contributed by atoms with Gasteiger partial charge in [0.25, 0.3) is 5.91 Å². The summed E-state index contributed by atoms with van der Waals surface area (Å²) in [5.41, 5.74) is 3.82. The van der Waals surface area contributed by atoms with Gasteiger partial charge >= 0.3 is 6.09 Å². The second-order valence-corrected chi connectivity index (χ2v) is 9.00. The zero-order valence-electron chi connectivity index (χ0n) is 19.7. The predicted molar refractivity (Wildman–Crippen MR) is 130 cm³/mol. The van der Waals surface area contributed by atoms with E-state index in [1.165, 1.54) is 0 Å². The summed E-state index contributed by atoms with van der Waals surface area (Å²) in [6.45, 7) is 2.17. The zero-order chi connectivity index (χ0) is 24.6. The summed E-state index contributed by atoms with van der Waals surface area (Å²) in [7, 11) is 1.59. The number of carbonyl (C=O) groups is 2. The molecule has 1 saturated heterocycles. The summed E-state index contributed by atoms with van der Waals surface area (Å²) >= 11 is 0. The van der Waals surface area contributed by atoms with Crippen LogP contribution in [-0.4, -0.2) is 68.0 Å². The van der Waals surface area contributed by atoms with E-state index < -0.39 is 6.09 Å². The third-order valence-corrected chi connectivity index (χ3v) is 6.52. The SMILES string of the molecule is COc1ccc2ncc3c(c2n1)C[C@H](CNC[C@H]1CN(c2ccc4c(c2)NC(=O)CO4)C(=O)O1)CO3. The smallest absolute Gasteiger partial charge is 0.414 e. The standard InChI is InChI=1S/C25H25N5O6/c1-33-23-5-3-18-24(29-23)17-6-14(12-34-21(17)10-27-18)8-26-9-16-11-30(25(32)36-16)15-2-4-20-19(7-15)28-22(31)13-35-20/h2-5,7,10,14,16,26H,6,8-9,11-13H2,1H3,(H,28,31)/t14-,16+/m1/s1. The molecule has 6 rings (SSSR count). The molecule has 11 nitrogen and oxygen atoms in total. The van der Waals surface area contributed by atoms with Crippen LogP contribution in [0.3, 0.4) is 0 Å². The van der Waals surface area contributed by atoms with E-state index in [2.05, 4.69) is 20.6 Å². The molecule has 2 amide bonds. The lowest BCUT2D eigenvalue weighted by Gasteiger charge is -2.26. The Morgan fingerprint density at radius 1 is 1.17 bits per heavy atom. The van der Waals surface area contributed by atoms with Gasteiger partial charge in [0, 0.05) is 36.3 Å². The molecule has 1 aromatic carbocycles. The summed E-state index contributed by atoms with van der Waals surface area (Å²) in [5.74, 6) is 1.89. The van der Waals surface area contributed by atoms with Gasteiger partial charge in [-0.3, -0.25) is 14.7 Å². The molecule has 11 heteroatoms. The van der Waals surface area contributed by atoms with Crippen molar-refractivity contribution in [1.82, 2.24) is 15.3 Å². The topological polar surface area (TPSA) is 124 Å². The number of pyridine rings is 2. The van der Waals surface area contributed by atoms with E-state index in [4.69, 9.17) is 18.9 Å². The minimum Gasteiger partial charge on any atom is -0.491 e. The van der Waals surface area contributed by atoms with Crippen LogP contribution < -0.4 is 29.7 Å². The van der Waals surface area contributed by atoms with Crippen LogP contribution in [-0.2, 0) is 16.0 Å². The van der Waals surface area contributed by atoms with Crippen molar-refractivity contribution < 1.29 is 28.5 Å². The molecule has 3 aliphatic heterocycles. The Morgan fingerprint density at radius 2 is 2.08 bits per heavy atom. The molecule has 3 aliphatic rings. The molecule has 1 fully saturated rings. The average Bonchev–Trinajstić information content (AvgIpc) is 3.27. The fourth-order valence-electron chi connectivity index (χ4n) is 4.73. The summed E-state index contributed by atoms with van der Waals surface area (Å²) in [4.78, 5) is 34.7. The number of nitrogens with zero attached hydrogens (tertiary/aromatic N) is 3. The van der Waals surface area contributed by atoms with E-state index in [1.54, 1.807) is 42.5 Å². The molecular formula is C25H25N5O6. The van der Waals surface area contributed by atoms with E-state index in [9.17, 15) is 9.59 Å². The lowest BCUT2D eigenvalue weighted by Crippen LogP contribution is -2.37. The van der Waals surface area contributed by atoms with Crippen LogP contribution in [0.2, 0.25) is 0 Å². The van der Waals surface area contributed by atoms with Crippen LogP contribution in [0.4, 0.5) is 16.2 Å². The number of hydrogen-bond acceptors (Lipinski definition) is 9. The molecular weight excluding hydrogens is 466 g/mol. The molecule has 0 aliphatic carbocycles. The number of nitrogens with one attached hydrogen (secondary N) is 2. The van der Waals surface area contributed by atoms with Crippen LogP contribution in [0.25, 0.3) is 11.0 Å². The molecule has 0 saturated carbocycles. The Labute approximate surface area is 206 Å². The van der Waals surface area contributed by atoms with Crippen molar-refractivity contribution in [1.29, 1.82) is 0 Å². The van der Waals surface area contributed by atoms with E-state index in [0.29, 0.717) is 49.2 Å². The van der Waals surface area contributed by atoms with Crippen LogP contribution in [0.1, 0.15) is 5.56 Å². The van der Waals surface area contributed by atoms with Gasteiger partial charge in [0.2, 0.25) is 5.88 Å². The molecule has 0 radical (unpaired) electrons. The maximum atomic E-state index is 12.5. The maximum Gasteiger partial charge on any atom is 0.414 e. The Morgan fingerprint density at radius 3 is 2.97 bits per heavy atom. The summed E-state index contributed by atoms with van der Waals surface area (Å²) < 4.78 is 22.2. The highest BCUT2D eigenvalue weighted by atomic mass is 16.6. The fraction of sp³-hybridized carbons (Fsp3) is 0.360. The molecule has 2 N–H and O–H groups in total. The van der Waals surface area contributed by atoms with Crippen molar-refractivity contribution in [3.63, 3.8) is 0 Å². The number of rotatable bonds is 6. The molecule has 3 aromatic rings. The van der Waals surface area contributed by atoms with Gasteiger partial charge in [-0.25, -0.2) is 9.78 Å². The third-order valence-electron chi connectivity index (χ3n) is 6.52. The minimum atomic E-state index is -0.418. The number of hydrogen-bond donors (Lipinski definition) is 2. The van der Waals surface area contributed by atoms with E-state index >= 15 is 0 Å². The number of aromatic nitrogens is 2. The number of carbonyl (C=O) groups excluding carboxylic acids is 2. The number of ether oxygens (including phenoxy) is 4. The van der Waals surface area contributed by atoms with E-state index in [1.807, 2.05) is 6.07 Å². The first-order valence-electron chi connectivity index (χ1n) is 11.8. The van der Waals surface area contributed by atoms with Gasteiger partial charge < -0.3 is 29.6 Å². The van der Waals surface area contributed by atoms with Gasteiger partial charge in [0.15, 0.2) is 6.61 Å². The highest BCUT2D eigenvalue weighted by Crippen LogP contribution is 2.34. The largest absolute Gasteiger partial charge is 0.491 e. The number of methoxy groups -OCH3 is 1. The first-order chi connectivity index (χ1) is 17.6. The highest BCUT2D eigenvalue weighted by molar-refractivity contribution is 5.97. The summed E-state index contributed by atoms with van der Waals surface area (Å²) in [6.07, 6.45) is 1.83. The van der Waals surface area contributed by atoms with Crippen LogP contribution in [0.5, 0.6) is 17.4 Å². The summed E-state index contributed by atoms with van der Waals surface area (Å²) in [5, 5.41) is 6.19. The number of fused-ring (bicyclic) bond motifs is 4. The third kappa shape index (κ3) is 4.22. The lowest BCUT2D eigenvalue weighted by atomic mass is 9.96. The van der Waals surface area contributed by atoms with Crippen molar-refractivity contribution in [3.05, 3.63) is 42.1 Å². The first-order valence-corrected chi connectivity index (χ1v) is 11.8. The second-order valence-electron chi connectivity index (χ2n) is 9.00. The second kappa shape index (κ2) is 9.15. The monoisotopic (exact) mass is 491 g/mol. The Hall–Kier alpha value is -4.12. The fourth-order valence-corrected chi connectivity index (χ4v) is 4.73. The lowest BCUT2D eigenvalue weighted by molar-refractivity contribution is -0.118. The van der Waals surface area contributed by atoms with E-state index in [0.717, 1.165) is 28.8 Å². The highest BCUT2D eigenvalue weighted by Gasteiger charge is 2.33. The van der Waals surface area contributed by atoms with E-state index in [-0.39, 0.29) is 24.5 Å². The Kier molecular flexibility index (Phi) is 5.68. The molecule has 0 bridgehead atoms.